The van der Waals surface area contributed by atoms with Crippen molar-refractivity contribution in [1.82, 2.24) is 0 Å². The number of para-hydroxylation sites is 1. The fourth-order valence-electron chi connectivity index (χ4n) is 1.56. The minimum atomic E-state index is -0.230. The van der Waals surface area contributed by atoms with Crippen molar-refractivity contribution in [3.8, 4) is 11.5 Å². The van der Waals surface area contributed by atoms with Crippen molar-refractivity contribution in [3.05, 3.63) is 59.7 Å². The minimum Gasteiger partial charge on any atom is -0.504 e. The van der Waals surface area contributed by atoms with Crippen molar-refractivity contribution in [2.45, 2.75) is 5.75 Å². The van der Waals surface area contributed by atoms with Crippen molar-refractivity contribution in [2.75, 3.05) is 0 Å². The highest BCUT2D eigenvalue weighted by molar-refractivity contribution is 8.13. The van der Waals surface area contributed by atoms with Crippen LogP contribution in [0, 0.1) is 0 Å². The third-order valence-corrected chi connectivity index (χ3v) is 3.48. The first-order valence-electron chi connectivity index (χ1n) is 6.21. The number of rotatable bonds is 4. The molecule has 2 aromatic rings. The number of phenols is 2. The molecular weight excluding hydrogens is 286 g/mol. The van der Waals surface area contributed by atoms with Crippen LogP contribution in [0.15, 0.2) is 58.7 Å². The van der Waals surface area contributed by atoms with Crippen LogP contribution in [0.5, 0.6) is 11.5 Å². The van der Waals surface area contributed by atoms with Gasteiger partial charge in [-0.25, -0.2) is 0 Å². The lowest BCUT2D eigenvalue weighted by atomic mass is 10.2. The van der Waals surface area contributed by atoms with Gasteiger partial charge in [0.25, 0.3) is 0 Å². The van der Waals surface area contributed by atoms with Crippen molar-refractivity contribution < 1.29 is 10.2 Å². The molecule has 6 heteroatoms. The minimum absolute atomic E-state index is 0.200. The molecule has 0 aliphatic rings. The van der Waals surface area contributed by atoms with Crippen LogP contribution < -0.4 is 5.73 Å². The average Bonchev–Trinajstić information content (AvgIpc) is 2.50. The van der Waals surface area contributed by atoms with Crippen LogP contribution in [0.2, 0.25) is 0 Å². The zero-order valence-electron chi connectivity index (χ0n) is 11.2. The van der Waals surface area contributed by atoms with E-state index < -0.39 is 0 Å². The van der Waals surface area contributed by atoms with Gasteiger partial charge in [-0.15, -0.1) is 5.10 Å². The van der Waals surface area contributed by atoms with Gasteiger partial charge in [0.1, 0.15) is 0 Å². The molecule has 0 bridgehead atoms. The first-order chi connectivity index (χ1) is 10.2. The van der Waals surface area contributed by atoms with E-state index in [0.717, 1.165) is 5.56 Å². The summed E-state index contributed by atoms with van der Waals surface area (Å²) in [6.45, 7) is 0. The zero-order valence-corrected chi connectivity index (χ0v) is 12.0. The molecule has 0 unspecified atom stereocenters. The summed E-state index contributed by atoms with van der Waals surface area (Å²) in [5.41, 5.74) is 7.26. The fraction of sp³-hybridized carbons (Fsp3) is 0.0667. The first-order valence-corrected chi connectivity index (χ1v) is 7.19. The van der Waals surface area contributed by atoms with Gasteiger partial charge in [0, 0.05) is 11.3 Å². The van der Waals surface area contributed by atoms with Crippen LogP contribution in [0.25, 0.3) is 0 Å². The monoisotopic (exact) mass is 301 g/mol. The molecular formula is C15H15N3O2S. The quantitative estimate of drug-likeness (QED) is 0.350. The molecule has 0 spiro atoms. The Labute approximate surface area is 126 Å². The van der Waals surface area contributed by atoms with Gasteiger partial charge in [0.15, 0.2) is 16.7 Å². The van der Waals surface area contributed by atoms with Crippen molar-refractivity contribution >= 4 is 23.1 Å². The molecule has 21 heavy (non-hydrogen) atoms. The predicted molar refractivity (Wildman–Crippen MR) is 86.7 cm³/mol. The van der Waals surface area contributed by atoms with Crippen LogP contribution in [-0.2, 0) is 5.75 Å². The van der Waals surface area contributed by atoms with Crippen molar-refractivity contribution in [3.63, 3.8) is 0 Å². The number of aromatic hydroxyl groups is 2. The van der Waals surface area contributed by atoms with E-state index in [0.29, 0.717) is 16.5 Å². The number of nitrogens with two attached hydrogens (primary N) is 1. The Morgan fingerprint density at radius 1 is 1.10 bits per heavy atom. The maximum Gasteiger partial charge on any atom is 0.180 e. The molecule has 2 rings (SSSR count). The molecule has 0 atom stereocenters. The molecule has 0 saturated carbocycles. The maximum atomic E-state index is 9.59. The number of hydrogen-bond donors (Lipinski definition) is 3. The SMILES string of the molecule is NC(=NN=Cc1cccc(O)c1O)SCc1ccccc1. The van der Waals surface area contributed by atoms with Gasteiger partial charge in [-0.3, -0.25) is 0 Å². The van der Waals surface area contributed by atoms with E-state index in [1.807, 2.05) is 30.3 Å². The van der Waals surface area contributed by atoms with Crippen LogP contribution in [-0.4, -0.2) is 21.6 Å². The number of thioether (sulfide) groups is 1. The Morgan fingerprint density at radius 2 is 1.86 bits per heavy atom. The smallest absolute Gasteiger partial charge is 0.180 e. The number of amidine groups is 1. The highest BCUT2D eigenvalue weighted by Gasteiger charge is 2.02. The van der Waals surface area contributed by atoms with Gasteiger partial charge < -0.3 is 15.9 Å². The lowest BCUT2D eigenvalue weighted by Gasteiger charge is -2.00. The van der Waals surface area contributed by atoms with Gasteiger partial charge >= 0.3 is 0 Å². The summed E-state index contributed by atoms with van der Waals surface area (Å²) >= 11 is 1.37. The van der Waals surface area contributed by atoms with E-state index in [9.17, 15) is 10.2 Å². The van der Waals surface area contributed by atoms with Gasteiger partial charge in [0.05, 0.1) is 6.21 Å². The second kappa shape index (κ2) is 7.35. The molecule has 0 fully saturated rings. The molecule has 0 radical (unpaired) electrons. The topological polar surface area (TPSA) is 91.2 Å². The van der Waals surface area contributed by atoms with Crippen LogP contribution in [0.4, 0.5) is 0 Å². The summed E-state index contributed by atoms with van der Waals surface area (Å²) in [7, 11) is 0. The molecule has 0 amide bonds. The molecule has 0 aromatic heterocycles. The fourth-order valence-corrected chi connectivity index (χ4v) is 2.17. The molecule has 0 saturated heterocycles. The molecule has 0 aliphatic carbocycles. The summed E-state index contributed by atoms with van der Waals surface area (Å²) in [5, 5.41) is 26.9. The molecule has 2 aromatic carbocycles. The standard InChI is InChI=1S/C15H15N3O2S/c16-15(21-10-11-5-2-1-3-6-11)18-17-9-12-7-4-8-13(19)14(12)20/h1-9,19-20H,10H2,(H2,16,18). The third kappa shape index (κ3) is 4.54. The molecule has 108 valence electrons. The Kier molecular flexibility index (Phi) is 5.22. The van der Waals surface area contributed by atoms with Gasteiger partial charge in [-0.05, 0) is 17.7 Å². The predicted octanol–water partition coefficient (Wildman–Crippen LogP) is 2.68. The van der Waals surface area contributed by atoms with E-state index in [4.69, 9.17) is 5.73 Å². The number of nitrogens with zero attached hydrogens (tertiary/aromatic N) is 2. The summed E-state index contributed by atoms with van der Waals surface area (Å²) in [6, 6.07) is 14.5. The molecule has 5 nitrogen and oxygen atoms in total. The van der Waals surface area contributed by atoms with Crippen LogP contribution in [0.3, 0.4) is 0 Å². The summed E-state index contributed by atoms with van der Waals surface area (Å²) < 4.78 is 0. The van der Waals surface area contributed by atoms with Gasteiger partial charge in [-0.2, -0.15) is 5.10 Å². The zero-order chi connectivity index (χ0) is 15.1. The van der Waals surface area contributed by atoms with E-state index >= 15 is 0 Å². The molecule has 0 aliphatic heterocycles. The van der Waals surface area contributed by atoms with E-state index in [2.05, 4.69) is 10.2 Å². The molecule has 0 heterocycles. The summed E-state index contributed by atoms with van der Waals surface area (Å²) in [4.78, 5) is 0. The Hall–Kier alpha value is -2.47. The highest BCUT2D eigenvalue weighted by atomic mass is 32.2. The summed E-state index contributed by atoms with van der Waals surface area (Å²) in [5.74, 6) is 0.282. The van der Waals surface area contributed by atoms with E-state index in [1.165, 1.54) is 24.0 Å². The van der Waals surface area contributed by atoms with Crippen LogP contribution >= 0.6 is 11.8 Å². The van der Waals surface area contributed by atoms with E-state index in [-0.39, 0.29) is 11.5 Å². The second-order valence-electron chi connectivity index (χ2n) is 4.17. The Balaban J connectivity index is 1.94. The number of hydrogen-bond acceptors (Lipinski definition) is 5. The van der Waals surface area contributed by atoms with Crippen molar-refractivity contribution in [2.24, 2.45) is 15.9 Å². The lowest BCUT2D eigenvalue weighted by molar-refractivity contribution is 0.403. The van der Waals surface area contributed by atoms with Crippen LogP contribution in [0.1, 0.15) is 11.1 Å². The number of phenolic OH excluding ortho intramolecular Hbond substituents is 2. The highest BCUT2D eigenvalue weighted by Crippen LogP contribution is 2.26. The maximum absolute atomic E-state index is 9.59. The number of benzene rings is 2. The Bertz CT molecular complexity index is 657. The largest absolute Gasteiger partial charge is 0.504 e. The first kappa shape index (κ1) is 14.9. The Morgan fingerprint density at radius 3 is 2.62 bits per heavy atom. The van der Waals surface area contributed by atoms with Gasteiger partial charge in [0.2, 0.25) is 0 Å². The second-order valence-corrected chi connectivity index (χ2v) is 5.17. The van der Waals surface area contributed by atoms with E-state index in [1.54, 1.807) is 12.1 Å². The lowest BCUT2D eigenvalue weighted by Crippen LogP contribution is -2.05. The third-order valence-electron chi connectivity index (χ3n) is 2.63. The average molecular weight is 301 g/mol. The van der Waals surface area contributed by atoms with Gasteiger partial charge in [-0.1, -0.05) is 48.2 Å². The normalized spacial score (nSPS) is 11.9. The summed E-state index contributed by atoms with van der Waals surface area (Å²) in [6.07, 6.45) is 1.34. The molecule has 4 N–H and O–H groups in total. The van der Waals surface area contributed by atoms with Crippen molar-refractivity contribution in [1.29, 1.82) is 0 Å².